The summed E-state index contributed by atoms with van der Waals surface area (Å²) in [5, 5.41) is 3.08. The van der Waals surface area contributed by atoms with Crippen molar-refractivity contribution in [3.05, 3.63) is 42.6 Å². The monoisotopic (exact) mass is 366 g/mol. The zero-order valence-corrected chi connectivity index (χ0v) is 15.5. The number of ether oxygens (including phenoxy) is 1. The molecule has 2 fully saturated rings. The van der Waals surface area contributed by atoms with E-state index in [9.17, 15) is 4.79 Å². The van der Waals surface area contributed by atoms with Crippen molar-refractivity contribution in [2.24, 2.45) is 5.92 Å². The topological polar surface area (TPSA) is 67.3 Å². The maximum atomic E-state index is 12.6. The number of piperidine rings is 1. The van der Waals surface area contributed by atoms with Crippen LogP contribution in [0.25, 0.3) is 11.4 Å². The van der Waals surface area contributed by atoms with Gasteiger partial charge >= 0.3 is 0 Å². The summed E-state index contributed by atoms with van der Waals surface area (Å²) in [7, 11) is 0. The van der Waals surface area contributed by atoms with Gasteiger partial charge < -0.3 is 15.0 Å². The first-order chi connectivity index (χ1) is 13.3. The van der Waals surface area contributed by atoms with Crippen LogP contribution in [0.1, 0.15) is 25.7 Å². The summed E-state index contributed by atoms with van der Waals surface area (Å²) >= 11 is 0. The molecule has 6 nitrogen and oxygen atoms in total. The van der Waals surface area contributed by atoms with Gasteiger partial charge in [-0.2, -0.15) is 0 Å². The lowest BCUT2D eigenvalue weighted by Crippen LogP contribution is -2.45. The van der Waals surface area contributed by atoms with Gasteiger partial charge in [-0.3, -0.25) is 4.79 Å². The standard InChI is InChI=1S/C21H26N4O2/c26-21(23-14-18-9-5-13-27-18)17-8-4-12-25(15-17)19-10-11-22-20(24-19)16-6-2-1-3-7-16/h1-3,6-7,10-11,17-18H,4-5,8-9,12-15H2,(H,23,26). The maximum Gasteiger partial charge on any atom is 0.224 e. The van der Waals surface area contributed by atoms with Crippen molar-refractivity contribution in [2.45, 2.75) is 31.8 Å². The number of hydrogen-bond donors (Lipinski definition) is 1. The summed E-state index contributed by atoms with van der Waals surface area (Å²) in [5.74, 6) is 1.74. The Morgan fingerprint density at radius 1 is 1.19 bits per heavy atom. The van der Waals surface area contributed by atoms with E-state index in [-0.39, 0.29) is 17.9 Å². The first-order valence-electron chi connectivity index (χ1n) is 9.82. The van der Waals surface area contributed by atoms with Gasteiger partial charge in [0.1, 0.15) is 5.82 Å². The number of amides is 1. The minimum atomic E-state index is -0.00436. The second-order valence-electron chi connectivity index (χ2n) is 7.27. The molecule has 0 bridgehead atoms. The minimum Gasteiger partial charge on any atom is -0.376 e. The van der Waals surface area contributed by atoms with Gasteiger partial charge in [0.25, 0.3) is 0 Å². The van der Waals surface area contributed by atoms with Crippen molar-refractivity contribution >= 4 is 11.7 Å². The van der Waals surface area contributed by atoms with E-state index in [0.717, 1.165) is 56.0 Å². The van der Waals surface area contributed by atoms with Gasteiger partial charge in [-0.25, -0.2) is 9.97 Å². The van der Waals surface area contributed by atoms with Crippen molar-refractivity contribution < 1.29 is 9.53 Å². The number of aromatic nitrogens is 2. The van der Waals surface area contributed by atoms with Gasteiger partial charge in [-0.15, -0.1) is 0 Å². The molecular formula is C21H26N4O2. The molecule has 3 heterocycles. The Hall–Kier alpha value is -2.47. The second-order valence-corrected chi connectivity index (χ2v) is 7.27. The zero-order valence-electron chi connectivity index (χ0n) is 15.5. The summed E-state index contributed by atoms with van der Waals surface area (Å²) in [6.45, 7) is 3.06. The number of benzene rings is 1. The number of nitrogens with zero attached hydrogens (tertiary/aromatic N) is 3. The lowest BCUT2D eigenvalue weighted by Gasteiger charge is -2.33. The number of nitrogens with one attached hydrogen (secondary N) is 1. The normalized spacial score (nSPS) is 22.6. The van der Waals surface area contributed by atoms with Crippen molar-refractivity contribution in [2.75, 3.05) is 31.1 Å². The van der Waals surface area contributed by atoms with Crippen LogP contribution in [0, 0.1) is 5.92 Å². The van der Waals surface area contributed by atoms with Gasteiger partial charge in [-0.05, 0) is 31.7 Å². The van der Waals surface area contributed by atoms with Gasteiger partial charge in [0.15, 0.2) is 5.82 Å². The first-order valence-corrected chi connectivity index (χ1v) is 9.82. The fourth-order valence-electron chi connectivity index (χ4n) is 3.81. The van der Waals surface area contributed by atoms with E-state index in [0.29, 0.717) is 13.1 Å². The van der Waals surface area contributed by atoms with Crippen molar-refractivity contribution in [3.8, 4) is 11.4 Å². The van der Waals surface area contributed by atoms with Gasteiger partial charge in [0.2, 0.25) is 5.91 Å². The molecule has 1 aromatic heterocycles. The minimum absolute atomic E-state index is 0.00436. The van der Waals surface area contributed by atoms with Crippen LogP contribution in [0.15, 0.2) is 42.6 Å². The number of carbonyl (C=O) groups excluding carboxylic acids is 1. The average molecular weight is 366 g/mol. The van der Waals surface area contributed by atoms with Crippen LogP contribution in [0.3, 0.4) is 0 Å². The van der Waals surface area contributed by atoms with Crippen LogP contribution in [0.2, 0.25) is 0 Å². The molecule has 27 heavy (non-hydrogen) atoms. The molecule has 142 valence electrons. The summed E-state index contributed by atoms with van der Waals surface area (Å²) in [4.78, 5) is 23.9. The SMILES string of the molecule is O=C(NCC1CCCO1)C1CCCN(c2ccnc(-c3ccccc3)n2)C1. The molecule has 2 unspecified atom stereocenters. The quantitative estimate of drug-likeness (QED) is 0.881. The Kier molecular flexibility index (Phi) is 5.63. The Bertz CT molecular complexity index is 762. The molecule has 2 atom stereocenters. The third kappa shape index (κ3) is 4.45. The molecule has 6 heteroatoms. The smallest absolute Gasteiger partial charge is 0.224 e. The molecule has 0 aliphatic carbocycles. The molecular weight excluding hydrogens is 340 g/mol. The van der Waals surface area contributed by atoms with Crippen LogP contribution in [-0.4, -0.2) is 48.2 Å². The van der Waals surface area contributed by atoms with E-state index in [1.54, 1.807) is 6.20 Å². The summed E-state index contributed by atoms with van der Waals surface area (Å²) < 4.78 is 5.59. The Morgan fingerprint density at radius 2 is 2.07 bits per heavy atom. The largest absolute Gasteiger partial charge is 0.376 e. The molecule has 2 aliphatic rings. The fourth-order valence-corrected chi connectivity index (χ4v) is 3.81. The molecule has 1 amide bonds. The van der Waals surface area contributed by atoms with E-state index in [4.69, 9.17) is 9.72 Å². The number of carbonyl (C=O) groups is 1. The summed E-state index contributed by atoms with van der Waals surface area (Å²) in [5.41, 5.74) is 1.00. The fraction of sp³-hybridized carbons (Fsp3) is 0.476. The van der Waals surface area contributed by atoms with Crippen LogP contribution in [0.5, 0.6) is 0 Å². The van der Waals surface area contributed by atoms with Crippen molar-refractivity contribution in [1.82, 2.24) is 15.3 Å². The molecule has 0 spiro atoms. The van der Waals surface area contributed by atoms with Crippen molar-refractivity contribution in [3.63, 3.8) is 0 Å². The lowest BCUT2D eigenvalue weighted by molar-refractivity contribution is -0.125. The highest BCUT2D eigenvalue weighted by Crippen LogP contribution is 2.24. The van der Waals surface area contributed by atoms with E-state index in [1.165, 1.54) is 0 Å². The molecule has 0 radical (unpaired) electrons. The predicted molar refractivity (Wildman–Crippen MR) is 104 cm³/mol. The molecule has 2 aromatic rings. The van der Waals surface area contributed by atoms with Gasteiger partial charge in [0.05, 0.1) is 12.0 Å². The predicted octanol–water partition coefficient (Wildman–Crippen LogP) is 2.66. The van der Waals surface area contributed by atoms with E-state index in [1.807, 2.05) is 36.4 Å². The van der Waals surface area contributed by atoms with Crippen LogP contribution in [-0.2, 0) is 9.53 Å². The third-order valence-electron chi connectivity index (χ3n) is 5.32. The number of anilines is 1. The Morgan fingerprint density at radius 3 is 2.89 bits per heavy atom. The van der Waals surface area contributed by atoms with Gasteiger partial charge in [0, 0.05) is 38.0 Å². The summed E-state index contributed by atoms with van der Waals surface area (Å²) in [6.07, 6.45) is 6.03. The Labute approximate surface area is 160 Å². The van der Waals surface area contributed by atoms with Crippen LogP contribution >= 0.6 is 0 Å². The van der Waals surface area contributed by atoms with Gasteiger partial charge in [-0.1, -0.05) is 30.3 Å². The number of hydrogen-bond acceptors (Lipinski definition) is 5. The van der Waals surface area contributed by atoms with E-state index >= 15 is 0 Å². The molecule has 2 saturated heterocycles. The van der Waals surface area contributed by atoms with Crippen LogP contribution in [0.4, 0.5) is 5.82 Å². The third-order valence-corrected chi connectivity index (χ3v) is 5.32. The first kappa shape index (κ1) is 17.9. The lowest BCUT2D eigenvalue weighted by atomic mass is 9.97. The Balaban J connectivity index is 1.40. The molecule has 4 rings (SSSR count). The molecule has 0 saturated carbocycles. The molecule has 1 N–H and O–H groups in total. The highest BCUT2D eigenvalue weighted by molar-refractivity contribution is 5.79. The summed E-state index contributed by atoms with van der Waals surface area (Å²) in [6, 6.07) is 11.9. The zero-order chi connectivity index (χ0) is 18.5. The maximum absolute atomic E-state index is 12.6. The van der Waals surface area contributed by atoms with E-state index in [2.05, 4.69) is 15.2 Å². The van der Waals surface area contributed by atoms with Crippen LogP contribution < -0.4 is 10.2 Å². The highest BCUT2D eigenvalue weighted by Gasteiger charge is 2.27. The number of rotatable bonds is 5. The van der Waals surface area contributed by atoms with E-state index < -0.39 is 0 Å². The second kappa shape index (κ2) is 8.48. The highest BCUT2D eigenvalue weighted by atomic mass is 16.5. The van der Waals surface area contributed by atoms with Crippen molar-refractivity contribution in [1.29, 1.82) is 0 Å². The average Bonchev–Trinajstić information content (AvgIpc) is 3.26. The molecule has 1 aromatic carbocycles. The molecule has 2 aliphatic heterocycles.